The smallest absolute Gasteiger partial charge is 0.224 e. The summed E-state index contributed by atoms with van der Waals surface area (Å²) in [5, 5.41) is 6.49. The molecular formula is C17H26N4O. The van der Waals surface area contributed by atoms with E-state index in [0.717, 1.165) is 44.6 Å². The molecule has 2 aliphatic heterocycles. The molecule has 0 unspecified atom stereocenters. The van der Waals surface area contributed by atoms with E-state index in [9.17, 15) is 4.79 Å². The van der Waals surface area contributed by atoms with Gasteiger partial charge in [0.05, 0.1) is 5.92 Å². The first-order valence-electron chi connectivity index (χ1n) is 8.44. The van der Waals surface area contributed by atoms with Crippen LogP contribution in [0.2, 0.25) is 0 Å². The fraction of sp³-hybridized carbons (Fsp3) is 0.647. The van der Waals surface area contributed by atoms with E-state index in [0.29, 0.717) is 12.6 Å². The van der Waals surface area contributed by atoms with Crippen LogP contribution in [0.1, 0.15) is 31.2 Å². The Balaban J connectivity index is 1.49. The van der Waals surface area contributed by atoms with E-state index in [1.165, 1.54) is 12.8 Å². The number of piperidine rings is 2. The second-order valence-corrected chi connectivity index (χ2v) is 6.39. The Labute approximate surface area is 132 Å². The molecule has 22 heavy (non-hydrogen) atoms. The van der Waals surface area contributed by atoms with E-state index >= 15 is 0 Å². The van der Waals surface area contributed by atoms with Gasteiger partial charge in [0.2, 0.25) is 5.91 Å². The maximum absolute atomic E-state index is 12.4. The van der Waals surface area contributed by atoms with Crippen molar-refractivity contribution in [3.05, 3.63) is 30.1 Å². The summed E-state index contributed by atoms with van der Waals surface area (Å²) in [6.45, 7) is 4.87. The van der Waals surface area contributed by atoms with E-state index in [1.54, 1.807) is 6.20 Å². The number of hydrogen-bond donors (Lipinski definition) is 2. The number of carbonyl (C=O) groups excluding carboxylic acids is 1. The third-order valence-corrected chi connectivity index (χ3v) is 4.84. The minimum atomic E-state index is 0.139. The van der Waals surface area contributed by atoms with Crippen molar-refractivity contribution >= 4 is 5.91 Å². The molecule has 1 atom stereocenters. The van der Waals surface area contributed by atoms with E-state index < -0.39 is 0 Å². The highest BCUT2D eigenvalue weighted by atomic mass is 16.1. The minimum Gasteiger partial charge on any atom is -0.352 e. The van der Waals surface area contributed by atoms with Crippen LogP contribution in [-0.4, -0.2) is 48.0 Å². The highest BCUT2D eigenvalue weighted by Crippen LogP contribution is 2.22. The number of carbonyl (C=O) groups is 1. The molecule has 0 saturated carbocycles. The van der Waals surface area contributed by atoms with Crippen LogP contribution >= 0.6 is 0 Å². The van der Waals surface area contributed by atoms with Crippen molar-refractivity contribution in [1.29, 1.82) is 0 Å². The Bertz CT molecular complexity index is 473. The first-order valence-corrected chi connectivity index (χ1v) is 8.44. The van der Waals surface area contributed by atoms with E-state index in [2.05, 4.69) is 20.5 Å². The Morgan fingerprint density at radius 1 is 1.36 bits per heavy atom. The molecule has 0 aliphatic carbocycles. The number of nitrogens with zero attached hydrogens (tertiary/aromatic N) is 2. The molecule has 0 spiro atoms. The van der Waals surface area contributed by atoms with Gasteiger partial charge in [-0.3, -0.25) is 14.7 Å². The highest BCUT2D eigenvalue weighted by molar-refractivity contribution is 5.78. The van der Waals surface area contributed by atoms with Gasteiger partial charge in [-0.2, -0.15) is 0 Å². The second kappa shape index (κ2) is 7.70. The summed E-state index contributed by atoms with van der Waals surface area (Å²) < 4.78 is 0. The predicted molar refractivity (Wildman–Crippen MR) is 86.3 cm³/mol. The maximum Gasteiger partial charge on any atom is 0.224 e. The van der Waals surface area contributed by atoms with Crippen LogP contribution in [0.4, 0.5) is 0 Å². The molecule has 3 rings (SSSR count). The molecule has 1 amide bonds. The predicted octanol–water partition coefficient (Wildman–Crippen LogP) is 1.16. The van der Waals surface area contributed by atoms with Crippen molar-refractivity contribution < 1.29 is 4.79 Å². The molecule has 2 fully saturated rings. The molecule has 0 radical (unpaired) electrons. The van der Waals surface area contributed by atoms with E-state index in [1.807, 2.05) is 18.3 Å². The number of likely N-dealkylation sites (tertiary alicyclic amines) is 1. The molecule has 5 nitrogen and oxygen atoms in total. The standard InChI is InChI=1S/C17H26N4O/c22-17(20-12-14-3-1-7-19-11-14)15-4-2-10-21(13-15)16-5-8-18-9-6-16/h1,3,7,11,15-16,18H,2,4-6,8-10,12-13H2,(H,20,22)/t15-/m1/s1. The maximum atomic E-state index is 12.4. The second-order valence-electron chi connectivity index (χ2n) is 6.39. The van der Waals surface area contributed by atoms with Gasteiger partial charge in [0.1, 0.15) is 0 Å². The molecule has 1 aromatic heterocycles. The van der Waals surface area contributed by atoms with Crippen molar-refractivity contribution in [3.63, 3.8) is 0 Å². The number of hydrogen-bond acceptors (Lipinski definition) is 4. The van der Waals surface area contributed by atoms with Gasteiger partial charge in [-0.05, 0) is 56.9 Å². The summed E-state index contributed by atoms with van der Waals surface area (Å²) in [4.78, 5) is 19.1. The van der Waals surface area contributed by atoms with Crippen molar-refractivity contribution in [2.45, 2.75) is 38.3 Å². The molecule has 2 N–H and O–H groups in total. The van der Waals surface area contributed by atoms with Crippen LogP contribution < -0.4 is 10.6 Å². The van der Waals surface area contributed by atoms with Crippen molar-refractivity contribution in [3.8, 4) is 0 Å². The van der Waals surface area contributed by atoms with Crippen molar-refractivity contribution in [2.75, 3.05) is 26.2 Å². The molecule has 0 bridgehead atoms. The summed E-state index contributed by atoms with van der Waals surface area (Å²) in [6.07, 6.45) is 8.13. The lowest BCUT2D eigenvalue weighted by Crippen LogP contribution is -2.50. The number of amides is 1. The van der Waals surface area contributed by atoms with Crippen molar-refractivity contribution in [1.82, 2.24) is 20.5 Å². The molecule has 5 heteroatoms. The van der Waals surface area contributed by atoms with E-state index in [4.69, 9.17) is 0 Å². The zero-order valence-electron chi connectivity index (χ0n) is 13.1. The minimum absolute atomic E-state index is 0.139. The van der Waals surface area contributed by atoms with Crippen LogP contribution in [0.15, 0.2) is 24.5 Å². The summed E-state index contributed by atoms with van der Waals surface area (Å²) >= 11 is 0. The Morgan fingerprint density at radius 3 is 3.00 bits per heavy atom. The SMILES string of the molecule is O=C(NCc1cccnc1)[C@@H]1CCCN(C2CCNCC2)C1. The summed E-state index contributed by atoms with van der Waals surface area (Å²) in [5.74, 6) is 0.336. The third-order valence-electron chi connectivity index (χ3n) is 4.84. The first-order chi connectivity index (χ1) is 10.8. The number of rotatable bonds is 4. The van der Waals surface area contributed by atoms with Crippen LogP contribution in [0.3, 0.4) is 0 Å². The highest BCUT2D eigenvalue weighted by Gasteiger charge is 2.30. The van der Waals surface area contributed by atoms with E-state index in [-0.39, 0.29) is 11.8 Å². The van der Waals surface area contributed by atoms with Gasteiger partial charge in [0.15, 0.2) is 0 Å². The molecule has 2 saturated heterocycles. The fourth-order valence-electron chi connectivity index (χ4n) is 3.56. The number of pyridine rings is 1. The Morgan fingerprint density at radius 2 is 2.23 bits per heavy atom. The summed E-state index contributed by atoms with van der Waals surface area (Å²) in [6, 6.07) is 4.56. The lowest BCUT2D eigenvalue weighted by Gasteiger charge is -2.39. The first kappa shape index (κ1) is 15.4. The lowest BCUT2D eigenvalue weighted by atomic mass is 9.93. The Hall–Kier alpha value is -1.46. The monoisotopic (exact) mass is 302 g/mol. The number of aromatic nitrogens is 1. The molecule has 1 aromatic rings. The van der Waals surface area contributed by atoms with Crippen LogP contribution in [-0.2, 0) is 11.3 Å². The molecule has 3 heterocycles. The zero-order chi connectivity index (χ0) is 15.2. The van der Waals surface area contributed by atoms with Gasteiger partial charge in [0.25, 0.3) is 0 Å². The van der Waals surface area contributed by atoms with Gasteiger partial charge in [-0.1, -0.05) is 6.07 Å². The average Bonchev–Trinajstić information content (AvgIpc) is 2.61. The van der Waals surface area contributed by atoms with Gasteiger partial charge in [0, 0.05) is 31.5 Å². The van der Waals surface area contributed by atoms with Crippen LogP contribution in [0, 0.1) is 5.92 Å². The topological polar surface area (TPSA) is 57.3 Å². The van der Waals surface area contributed by atoms with Crippen LogP contribution in [0.25, 0.3) is 0 Å². The van der Waals surface area contributed by atoms with Crippen LogP contribution in [0.5, 0.6) is 0 Å². The number of nitrogens with one attached hydrogen (secondary N) is 2. The van der Waals surface area contributed by atoms with Gasteiger partial charge >= 0.3 is 0 Å². The largest absolute Gasteiger partial charge is 0.352 e. The van der Waals surface area contributed by atoms with Crippen molar-refractivity contribution in [2.24, 2.45) is 5.92 Å². The third kappa shape index (κ3) is 4.05. The quantitative estimate of drug-likeness (QED) is 0.876. The molecule has 0 aromatic carbocycles. The molecular weight excluding hydrogens is 276 g/mol. The molecule has 2 aliphatic rings. The summed E-state index contributed by atoms with van der Waals surface area (Å²) in [5.41, 5.74) is 1.06. The fourth-order valence-corrected chi connectivity index (χ4v) is 3.56. The lowest BCUT2D eigenvalue weighted by molar-refractivity contribution is -0.127. The van der Waals surface area contributed by atoms with Gasteiger partial charge in [-0.15, -0.1) is 0 Å². The Kier molecular flexibility index (Phi) is 5.40. The normalized spacial score (nSPS) is 24.1. The van der Waals surface area contributed by atoms with Gasteiger partial charge in [-0.25, -0.2) is 0 Å². The molecule has 120 valence electrons. The average molecular weight is 302 g/mol. The summed E-state index contributed by atoms with van der Waals surface area (Å²) in [7, 11) is 0. The zero-order valence-corrected chi connectivity index (χ0v) is 13.1. The van der Waals surface area contributed by atoms with Gasteiger partial charge < -0.3 is 10.6 Å².